The van der Waals surface area contributed by atoms with Gasteiger partial charge < -0.3 is 18.9 Å². The number of ether oxygens (including phenoxy) is 4. The van der Waals surface area contributed by atoms with Crippen LogP contribution in [0.5, 0.6) is 0 Å². The Morgan fingerprint density at radius 2 is 1.42 bits per heavy atom. The van der Waals surface area contributed by atoms with Crippen LogP contribution in [-0.2, 0) is 41.8 Å². The predicted molar refractivity (Wildman–Crippen MR) is 117 cm³/mol. The van der Waals surface area contributed by atoms with Gasteiger partial charge in [0.2, 0.25) is 0 Å². The summed E-state index contributed by atoms with van der Waals surface area (Å²) in [5.74, 6) is -0.741. The van der Waals surface area contributed by atoms with Crippen molar-refractivity contribution in [1.29, 1.82) is 0 Å². The zero-order chi connectivity index (χ0) is 22.3. The Kier molecular flexibility index (Phi) is 11.1. The average molecular weight is 427 g/mol. The lowest BCUT2D eigenvalue weighted by molar-refractivity contribution is -0.160. The van der Waals surface area contributed by atoms with E-state index in [0.717, 1.165) is 11.1 Å². The highest BCUT2D eigenvalue weighted by Crippen LogP contribution is 2.15. The topological polar surface area (TPSA) is 71.1 Å². The third-order valence-corrected chi connectivity index (χ3v) is 4.35. The maximum atomic E-state index is 11.7. The fourth-order valence-electron chi connectivity index (χ4n) is 2.86. The quantitative estimate of drug-likeness (QED) is 0.353. The van der Waals surface area contributed by atoms with Gasteiger partial charge >= 0.3 is 11.9 Å². The molecule has 0 radical (unpaired) electrons. The Hall–Kier alpha value is -2.96. The van der Waals surface area contributed by atoms with E-state index in [2.05, 4.69) is 0 Å². The standard InChI is InChI=1S/C25H30O6/c1-20(26)29-16-10-9-15-24(31-21(2)27)25(30-18-23-13-7-4-8-14-23)19-28-17-22-11-5-3-6-12-22/h3-14,24-25H,15-19H2,1-2H3/b10-9-/t24-,25+/m0/s1. The summed E-state index contributed by atoms with van der Waals surface area (Å²) in [5, 5.41) is 0. The van der Waals surface area contributed by atoms with Crippen LogP contribution in [0.3, 0.4) is 0 Å². The van der Waals surface area contributed by atoms with Gasteiger partial charge in [-0.15, -0.1) is 0 Å². The van der Waals surface area contributed by atoms with Crippen LogP contribution in [0.1, 0.15) is 31.4 Å². The van der Waals surface area contributed by atoms with Crippen molar-refractivity contribution in [3.63, 3.8) is 0 Å². The monoisotopic (exact) mass is 426 g/mol. The number of carbonyl (C=O) groups is 2. The first-order valence-corrected chi connectivity index (χ1v) is 10.3. The highest BCUT2D eigenvalue weighted by molar-refractivity contribution is 5.66. The van der Waals surface area contributed by atoms with Crippen LogP contribution in [0.25, 0.3) is 0 Å². The third-order valence-electron chi connectivity index (χ3n) is 4.35. The van der Waals surface area contributed by atoms with Crippen LogP contribution >= 0.6 is 0 Å². The summed E-state index contributed by atoms with van der Waals surface area (Å²) in [7, 11) is 0. The van der Waals surface area contributed by atoms with Gasteiger partial charge in [0.25, 0.3) is 0 Å². The lowest BCUT2D eigenvalue weighted by Gasteiger charge is -2.26. The minimum absolute atomic E-state index is 0.169. The normalized spacial score (nSPS) is 13.0. The van der Waals surface area contributed by atoms with E-state index >= 15 is 0 Å². The van der Waals surface area contributed by atoms with Gasteiger partial charge in [0.15, 0.2) is 0 Å². The van der Waals surface area contributed by atoms with Crippen molar-refractivity contribution in [2.75, 3.05) is 13.2 Å². The molecule has 0 saturated heterocycles. The summed E-state index contributed by atoms with van der Waals surface area (Å²) in [6.45, 7) is 3.96. The molecular formula is C25H30O6. The van der Waals surface area contributed by atoms with Gasteiger partial charge in [-0.25, -0.2) is 0 Å². The van der Waals surface area contributed by atoms with Crippen LogP contribution in [-0.4, -0.2) is 37.4 Å². The second-order valence-electron chi connectivity index (χ2n) is 6.99. The van der Waals surface area contributed by atoms with E-state index in [9.17, 15) is 9.59 Å². The first-order valence-electron chi connectivity index (χ1n) is 10.3. The highest BCUT2D eigenvalue weighted by Gasteiger charge is 2.25. The number of hydrogen-bond donors (Lipinski definition) is 0. The first kappa shape index (κ1) is 24.3. The smallest absolute Gasteiger partial charge is 0.303 e. The minimum atomic E-state index is -0.537. The van der Waals surface area contributed by atoms with E-state index in [1.165, 1.54) is 13.8 Å². The molecule has 0 aliphatic carbocycles. The zero-order valence-electron chi connectivity index (χ0n) is 18.1. The summed E-state index contributed by atoms with van der Waals surface area (Å²) in [5.41, 5.74) is 2.07. The zero-order valence-corrected chi connectivity index (χ0v) is 18.1. The molecule has 2 rings (SSSR count). The average Bonchev–Trinajstić information content (AvgIpc) is 2.76. The number of benzene rings is 2. The van der Waals surface area contributed by atoms with Gasteiger partial charge in [0, 0.05) is 20.3 Å². The summed E-state index contributed by atoms with van der Waals surface area (Å²) in [4.78, 5) is 22.6. The molecule has 0 saturated carbocycles. The van der Waals surface area contributed by atoms with Crippen molar-refractivity contribution >= 4 is 11.9 Å². The summed E-state index contributed by atoms with van der Waals surface area (Å²) < 4.78 is 22.4. The van der Waals surface area contributed by atoms with Gasteiger partial charge in [-0.1, -0.05) is 72.8 Å². The molecule has 2 aromatic carbocycles. The minimum Gasteiger partial charge on any atom is -0.462 e. The van der Waals surface area contributed by atoms with E-state index in [1.54, 1.807) is 6.08 Å². The molecular weight excluding hydrogens is 396 g/mol. The molecule has 0 aliphatic rings. The molecule has 0 aromatic heterocycles. The van der Waals surface area contributed by atoms with E-state index in [-0.39, 0.29) is 19.2 Å². The second kappa shape index (κ2) is 14.1. The van der Waals surface area contributed by atoms with Gasteiger partial charge in [-0.2, -0.15) is 0 Å². The molecule has 6 nitrogen and oxygen atoms in total. The molecule has 2 atom stereocenters. The molecule has 0 bridgehead atoms. The van der Waals surface area contributed by atoms with Crippen LogP contribution in [0.4, 0.5) is 0 Å². The first-order chi connectivity index (χ1) is 15.0. The third kappa shape index (κ3) is 10.6. The molecule has 0 fully saturated rings. The molecule has 0 spiro atoms. The Labute approximate surface area is 183 Å². The fraction of sp³-hybridized carbons (Fsp3) is 0.360. The van der Waals surface area contributed by atoms with Crippen molar-refractivity contribution in [3.05, 3.63) is 83.9 Å². The largest absolute Gasteiger partial charge is 0.462 e. The fourth-order valence-corrected chi connectivity index (χ4v) is 2.86. The maximum Gasteiger partial charge on any atom is 0.303 e. The van der Waals surface area contributed by atoms with Gasteiger partial charge in [-0.05, 0) is 11.1 Å². The van der Waals surface area contributed by atoms with Crippen molar-refractivity contribution in [2.24, 2.45) is 0 Å². The van der Waals surface area contributed by atoms with Crippen LogP contribution in [0.15, 0.2) is 72.8 Å². The highest BCUT2D eigenvalue weighted by atomic mass is 16.6. The molecule has 0 aliphatic heterocycles. The van der Waals surface area contributed by atoms with Crippen LogP contribution < -0.4 is 0 Å². The molecule has 6 heteroatoms. The molecule has 166 valence electrons. The Morgan fingerprint density at radius 1 is 0.806 bits per heavy atom. The van der Waals surface area contributed by atoms with Crippen LogP contribution in [0.2, 0.25) is 0 Å². The van der Waals surface area contributed by atoms with Crippen molar-refractivity contribution in [1.82, 2.24) is 0 Å². The lowest BCUT2D eigenvalue weighted by atomic mass is 10.1. The number of carbonyl (C=O) groups excluding carboxylic acids is 2. The lowest BCUT2D eigenvalue weighted by Crippen LogP contribution is -2.36. The van der Waals surface area contributed by atoms with Crippen molar-refractivity contribution < 1.29 is 28.5 Å². The number of hydrogen-bond acceptors (Lipinski definition) is 6. The number of rotatable bonds is 13. The Bertz CT molecular complexity index is 803. The van der Waals surface area contributed by atoms with Crippen molar-refractivity contribution in [2.45, 2.75) is 45.7 Å². The SMILES string of the molecule is CC(=O)OC/C=C\C[C@H](OC(C)=O)[C@@H](COCc1ccccc1)OCc1ccccc1. The Balaban J connectivity index is 2.01. The summed E-state index contributed by atoms with van der Waals surface area (Å²) in [6.07, 6.45) is 2.94. The van der Waals surface area contributed by atoms with E-state index in [4.69, 9.17) is 18.9 Å². The van der Waals surface area contributed by atoms with E-state index in [0.29, 0.717) is 19.6 Å². The maximum absolute atomic E-state index is 11.7. The summed E-state index contributed by atoms with van der Waals surface area (Å²) in [6, 6.07) is 19.6. The van der Waals surface area contributed by atoms with Gasteiger partial charge in [0.1, 0.15) is 18.8 Å². The number of esters is 2. The molecule has 2 aromatic rings. The van der Waals surface area contributed by atoms with E-state index < -0.39 is 18.2 Å². The molecule has 31 heavy (non-hydrogen) atoms. The second-order valence-corrected chi connectivity index (χ2v) is 6.99. The van der Waals surface area contributed by atoms with Gasteiger partial charge in [0.05, 0.1) is 19.8 Å². The predicted octanol–water partition coefficient (Wildman–Crippen LogP) is 4.23. The molecule has 0 N–H and O–H groups in total. The molecule has 0 heterocycles. The molecule has 0 amide bonds. The molecule has 0 unspecified atom stereocenters. The summed E-state index contributed by atoms with van der Waals surface area (Å²) >= 11 is 0. The van der Waals surface area contributed by atoms with Crippen LogP contribution in [0, 0.1) is 0 Å². The van der Waals surface area contributed by atoms with E-state index in [1.807, 2.05) is 66.7 Å². The van der Waals surface area contributed by atoms with Crippen molar-refractivity contribution in [3.8, 4) is 0 Å². The van der Waals surface area contributed by atoms with Gasteiger partial charge in [-0.3, -0.25) is 9.59 Å². The Morgan fingerprint density at radius 3 is 2.00 bits per heavy atom.